The number of nitrogens with one attached hydrogen (secondary N) is 2. The SMILES string of the molecule is Cl.Cl.O=C(NCc1cccs1)[C@]1(N2CCNCC2)CCc2ccccc21. The zero-order valence-corrected chi connectivity index (χ0v) is 17.0. The summed E-state index contributed by atoms with van der Waals surface area (Å²) in [6.45, 7) is 4.35. The van der Waals surface area contributed by atoms with E-state index in [-0.39, 0.29) is 30.7 Å². The van der Waals surface area contributed by atoms with Crippen molar-refractivity contribution >= 4 is 42.1 Å². The highest BCUT2D eigenvalue weighted by Gasteiger charge is 2.49. The fourth-order valence-corrected chi connectivity index (χ4v) is 4.72. The monoisotopic (exact) mass is 413 g/mol. The van der Waals surface area contributed by atoms with Gasteiger partial charge in [-0.3, -0.25) is 9.69 Å². The van der Waals surface area contributed by atoms with Crippen molar-refractivity contribution in [1.82, 2.24) is 15.5 Å². The van der Waals surface area contributed by atoms with Gasteiger partial charge in [0.1, 0.15) is 5.54 Å². The number of halogens is 2. The molecule has 4 nitrogen and oxygen atoms in total. The van der Waals surface area contributed by atoms with Crippen molar-refractivity contribution in [1.29, 1.82) is 0 Å². The van der Waals surface area contributed by atoms with Crippen LogP contribution in [0.25, 0.3) is 0 Å². The molecule has 4 rings (SSSR count). The van der Waals surface area contributed by atoms with Gasteiger partial charge in [0.2, 0.25) is 5.91 Å². The summed E-state index contributed by atoms with van der Waals surface area (Å²) in [5.74, 6) is 0.155. The second-order valence-corrected chi connectivity index (χ2v) is 7.55. The van der Waals surface area contributed by atoms with Gasteiger partial charge >= 0.3 is 0 Å². The summed E-state index contributed by atoms with van der Waals surface area (Å²) in [4.78, 5) is 16.9. The maximum atomic E-state index is 13.4. The number of hydrogen-bond donors (Lipinski definition) is 2. The molecule has 0 unspecified atom stereocenters. The first kappa shape index (κ1) is 21.2. The van der Waals surface area contributed by atoms with E-state index in [0.717, 1.165) is 39.0 Å². The van der Waals surface area contributed by atoms with Gasteiger partial charge < -0.3 is 10.6 Å². The minimum absolute atomic E-state index is 0. The topological polar surface area (TPSA) is 44.4 Å². The first-order valence-corrected chi connectivity index (χ1v) is 9.53. The molecule has 0 bridgehead atoms. The van der Waals surface area contributed by atoms with Gasteiger partial charge in [0.25, 0.3) is 0 Å². The van der Waals surface area contributed by atoms with Gasteiger partial charge in [-0.25, -0.2) is 0 Å². The number of piperazine rings is 1. The van der Waals surface area contributed by atoms with Gasteiger partial charge in [-0.2, -0.15) is 0 Å². The van der Waals surface area contributed by atoms with Crippen LogP contribution in [0.2, 0.25) is 0 Å². The maximum Gasteiger partial charge on any atom is 0.245 e. The first-order chi connectivity index (χ1) is 11.8. The molecular formula is C19H25Cl2N3OS. The van der Waals surface area contributed by atoms with Crippen molar-refractivity contribution in [3.05, 3.63) is 57.8 Å². The van der Waals surface area contributed by atoms with Gasteiger partial charge in [0.05, 0.1) is 6.54 Å². The van der Waals surface area contributed by atoms with E-state index in [9.17, 15) is 4.79 Å². The van der Waals surface area contributed by atoms with Gasteiger partial charge in [-0.1, -0.05) is 30.3 Å². The Morgan fingerprint density at radius 1 is 1.15 bits per heavy atom. The van der Waals surface area contributed by atoms with E-state index in [2.05, 4.69) is 51.2 Å². The summed E-state index contributed by atoms with van der Waals surface area (Å²) in [6, 6.07) is 12.6. The number of fused-ring (bicyclic) bond motifs is 1. The van der Waals surface area contributed by atoms with Crippen LogP contribution in [0.4, 0.5) is 0 Å². The number of benzene rings is 1. The van der Waals surface area contributed by atoms with E-state index >= 15 is 0 Å². The average molecular weight is 414 g/mol. The maximum absolute atomic E-state index is 13.4. The lowest BCUT2D eigenvalue weighted by atomic mass is 9.87. The molecule has 2 N–H and O–H groups in total. The number of amides is 1. The fourth-order valence-electron chi connectivity index (χ4n) is 4.07. The summed E-state index contributed by atoms with van der Waals surface area (Å²) in [5, 5.41) is 8.67. The molecule has 1 atom stereocenters. The third-order valence-corrected chi connectivity index (χ3v) is 6.13. The lowest BCUT2D eigenvalue weighted by molar-refractivity contribution is -0.135. The smallest absolute Gasteiger partial charge is 0.245 e. The van der Waals surface area contributed by atoms with Crippen molar-refractivity contribution in [2.75, 3.05) is 26.2 Å². The predicted molar refractivity (Wildman–Crippen MR) is 112 cm³/mol. The Morgan fingerprint density at radius 2 is 1.92 bits per heavy atom. The van der Waals surface area contributed by atoms with E-state index in [1.54, 1.807) is 11.3 Å². The minimum Gasteiger partial charge on any atom is -0.349 e. The van der Waals surface area contributed by atoms with Crippen LogP contribution in [-0.2, 0) is 23.3 Å². The Labute approximate surface area is 171 Å². The van der Waals surface area contributed by atoms with E-state index in [0.29, 0.717) is 6.54 Å². The molecule has 1 aliphatic heterocycles. The van der Waals surface area contributed by atoms with Crippen molar-refractivity contribution in [2.24, 2.45) is 0 Å². The predicted octanol–water partition coefficient (Wildman–Crippen LogP) is 2.95. The highest BCUT2D eigenvalue weighted by molar-refractivity contribution is 7.09. The van der Waals surface area contributed by atoms with Crippen LogP contribution in [0, 0.1) is 0 Å². The van der Waals surface area contributed by atoms with E-state index in [4.69, 9.17) is 0 Å². The number of nitrogens with zero attached hydrogens (tertiary/aromatic N) is 1. The molecule has 1 aromatic heterocycles. The molecule has 0 radical (unpaired) electrons. The Morgan fingerprint density at radius 3 is 2.65 bits per heavy atom. The normalized spacial score (nSPS) is 22.0. The summed E-state index contributed by atoms with van der Waals surface area (Å²) in [7, 11) is 0. The number of thiophene rings is 1. The zero-order valence-electron chi connectivity index (χ0n) is 14.6. The van der Waals surface area contributed by atoms with Gasteiger partial charge in [-0.15, -0.1) is 36.2 Å². The minimum atomic E-state index is -0.504. The number of rotatable bonds is 4. The molecule has 0 saturated carbocycles. The average Bonchev–Trinajstić information content (AvgIpc) is 3.29. The summed E-state index contributed by atoms with van der Waals surface area (Å²) >= 11 is 1.69. The second kappa shape index (κ2) is 9.20. The molecule has 26 heavy (non-hydrogen) atoms. The van der Waals surface area contributed by atoms with Crippen LogP contribution in [0.5, 0.6) is 0 Å². The van der Waals surface area contributed by atoms with Crippen LogP contribution >= 0.6 is 36.2 Å². The zero-order chi connectivity index (χ0) is 16.4. The molecule has 2 aromatic rings. The Bertz CT molecular complexity index is 719. The molecule has 0 spiro atoms. The number of hydrogen-bond acceptors (Lipinski definition) is 4. The molecule has 2 aliphatic rings. The first-order valence-electron chi connectivity index (χ1n) is 8.65. The largest absolute Gasteiger partial charge is 0.349 e. The third kappa shape index (κ3) is 3.78. The molecule has 1 aliphatic carbocycles. The third-order valence-electron chi connectivity index (χ3n) is 5.25. The molecule has 1 saturated heterocycles. The molecule has 7 heteroatoms. The van der Waals surface area contributed by atoms with Crippen LogP contribution in [-0.4, -0.2) is 37.0 Å². The molecule has 2 heterocycles. The van der Waals surface area contributed by atoms with Crippen molar-refractivity contribution in [3.63, 3.8) is 0 Å². The van der Waals surface area contributed by atoms with E-state index in [1.165, 1.54) is 16.0 Å². The molecule has 142 valence electrons. The fraction of sp³-hybridized carbons (Fsp3) is 0.421. The lowest BCUT2D eigenvalue weighted by Gasteiger charge is -2.43. The van der Waals surface area contributed by atoms with Gasteiger partial charge in [0, 0.05) is 31.1 Å². The molecular weight excluding hydrogens is 389 g/mol. The van der Waals surface area contributed by atoms with Crippen LogP contribution < -0.4 is 10.6 Å². The van der Waals surface area contributed by atoms with E-state index < -0.39 is 5.54 Å². The quantitative estimate of drug-likeness (QED) is 0.809. The molecule has 1 amide bonds. The molecule has 1 fully saturated rings. The van der Waals surface area contributed by atoms with Crippen LogP contribution in [0.15, 0.2) is 41.8 Å². The lowest BCUT2D eigenvalue weighted by Crippen LogP contribution is -2.60. The Hall–Kier alpha value is -1.11. The van der Waals surface area contributed by atoms with Crippen molar-refractivity contribution in [2.45, 2.75) is 24.9 Å². The molecule has 1 aromatic carbocycles. The van der Waals surface area contributed by atoms with Gasteiger partial charge in [0.15, 0.2) is 0 Å². The van der Waals surface area contributed by atoms with Crippen LogP contribution in [0.3, 0.4) is 0 Å². The standard InChI is InChI=1S/C19H23N3OS.2ClH/c23-18(21-14-16-5-3-13-24-16)19(22-11-9-20-10-12-22)8-7-15-4-1-2-6-17(15)19;;/h1-6,13,20H,7-12,14H2,(H,21,23);2*1H/t19-;;/m0../s1. The van der Waals surface area contributed by atoms with Gasteiger partial charge in [-0.05, 0) is 35.4 Å². The Balaban J connectivity index is 0.00000121. The van der Waals surface area contributed by atoms with Crippen molar-refractivity contribution < 1.29 is 4.79 Å². The summed E-state index contributed by atoms with van der Waals surface area (Å²) < 4.78 is 0. The number of aryl methyl sites for hydroxylation is 1. The van der Waals surface area contributed by atoms with Crippen molar-refractivity contribution in [3.8, 4) is 0 Å². The number of carbonyl (C=O) groups excluding carboxylic acids is 1. The summed E-state index contributed by atoms with van der Waals surface area (Å²) in [6.07, 6.45) is 1.86. The highest BCUT2D eigenvalue weighted by Crippen LogP contribution is 2.42. The number of carbonyl (C=O) groups is 1. The summed E-state index contributed by atoms with van der Waals surface area (Å²) in [5.41, 5.74) is 2.02. The highest BCUT2D eigenvalue weighted by atomic mass is 35.5. The van der Waals surface area contributed by atoms with Crippen LogP contribution in [0.1, 0.15) is 22.4 Å². The second-order valence-electron chi connectivity index (χ2n) is 6.52. The Kier molecular flexibility index (Phi) is 7.50. The van der Waals surface area contributed by atoms with E-state index in [1.807, 2.05) is 6.07 Å².